The van der Waals surface area contributed by atoms with Crippen molar-refractivity contribution in [2.24, 2.45) is 5.92 Å². The largest absolute Gasteiger partial charge is 0.390 e. The molecule has 0 saturated carbocycles. The van der Waals surface area contributed by atoms with Gasteiger partial charge in [-0.3, -0.25) is 0 Å². The van der Waals surface area contributed by atoms with E-state index in [0.717, 1.165) is 6.42 Å². The summed E-state index contributed by atoms with van der Waals surface area (Å²) in [6.45, 7) is 2.58. The van der Waals surface area contributed by atoms with Crippen molar-refractivity contribution in [1.29, 1.82) is 0 Å². The highest BCUT2D eigenvalue weighted by atomic mass is 19.3. The summed E-state index contributed by atoms with van der Waals surface area (Å²) in [6.07, 6.45) is 0.523. The van der Waals surface area contributed by atoms with Crippen LogP contribution < -0.4 is 0 Å². The van der Waals surface area contributed by atoms with Gasteiger partial charge in [0.2, 0.25) is 0 Å². The van der Waals surface area contributed by atoms with Crippen LogP contribution in [0, 0.1) is 5.92 Å². The fourth-order valence-electron chi connectivity index (χ4n) is 0.719. The zero-order valence-electron chi connectivity index (χ0n) is 6.40. The topological polar surface area (TPSA) is 20.2 Å². The van der Waals surface area contributed by atoms with Crippen LogP contribution in [0.4, 0.5) is 8.78 Å². The summed E-state index contributed by atoms with van der Waals surface area (Å²) in [6, 6.07) is 0. The van der Waals surface area contributed by atoms with E-state index in [0.29, 0.717) is 0 Å². The van der Waals surface area contributed by atoms with Crippen LogP contribution in [0.15, 0.2) is 0 Å². The minimum atomic E-state index is -2.88. The lowest BCUT2D eigenvalue weighted by atomic mass is 10.0. The van der Waals surface area contributed by atoms with Gasteiger partial charge >= 0.3 is 0 Å². The lowest BCUT2D eigenvalue weighted by molar-refractivity contribution is -0.0664. The molecule has 0 fully saturated rings. The predicted molar refractivity (Wildman–Crippen MR) is 36.1 cm³/mol. The molecule has 0 saturated heterocycles. The van der Waals surface area contributed by atoms with Crippen molar-refractivity contribution in [2.45, 2.75) is 32.6 Å². The third-order valence-electron chi connectivity index (χ3n) is 1.58. The van der Waals surface area contributed by atoms with E-state index < -0.39 is 12.5 Å². The maximum atomic E-state index is 12.3. The summed E-state index contributed by atoms with van der Waals surface area (Å²) < 4.78 is 24.7. The molecule has 0 aliphatic rings. The second-order valence-electron chi connectivity index (χ2n) is 2.73. The van der Waals surface area contributed by atoms with Crippen LogP contribution in [0.3, 0.4) is 0 Å². The second kappa shape index (κ2) is 3.86. The van der Waals surface area contributed by atoms with Crippen LogP contribution in [-0.4, -0.2) is 17.6 Å². The maximum Gasteiger partial charge on any atom is 0.270 e. The third kappa shape index (κ3) is 3.77. The normalized spacial score (nSPS) is 15.3. The molecule has 1 atom stereocenters. The Balaban J connectivity index is 3.64. The number of rotatable bonds is 4. The van der Waals surface area contributed by atoms with Crippen LogP contribution >= 0.6 is 0 Å². The van der Waals surface area contributed by atoms with Crippen molar-refractivity contribution in [1.82, 2.24) is 0 Å². The first kappa shape index (κ1) is 9.82. The molecule has 0 aromatic carbocycles. The van der Waals surface area contributed by atoms with Gasteiger partial charge in [-0.15, -0.1) is 0 Å². The molecule has 62 valence electrons. The summed E-state index contributed by atoms with van der Waals surface area (Å²) >= 11 is 0. The Bertz CT molecular complexity index is 93.6. The lowest BCUT2D eigenvalue weighted by Crippen LogP contribution is -2.23. The highest BCUT2D eigenvalue weighted by molar-refractivity contribution is 4.67. The number of aliphatic hydroxyl groups is 1. The van der Waals surface area contributed by atoms with Crippen LogP contribution in [-0.2, 0) is 0 Å². The maximum absolute atomic E-state index is 12.3. The molecule has 0 unspecified atom stereocenters. The van der Waals surface area contributed by atoms with Crippen molar-refractivity contribution in [3.8, 4) is 0 Å². The van der Waals surface area contributed by atoms with Gasteiger partial charge in [0, 0.05) is 6.42 Å². The zero-order valence-corrected chi connectivity index (χ0v) is 6.40. The number of alkyl halides is 2. The average molecular weight is 152 g/mol. The molecule has 0 heterocycles. The molecular formula is C7H14F2O. The summed E-state index contributed by atoms with van der Waals surface area (Å²) in [4.78, 5) is 0. The molecule has 0 aromatic rings. The van der Waals surface area contributed by atoms with Crippen LogP contribution in [0.1, 0.15) is 26.7 Å². The number of halogens is 2. The summed E-state index contributed by atoms with van der Waals surface area (Å²) in [5.74, 6) is -2.89. The van der Waals surface area contributed by atoms with Gasteiger partial charge in [0.15, 0.2) is 0 Å². The summed E-state index contributed by atoms with van der Waals surface area (Å²) in [7, 11) is 0. The van der Waals surface area contributed by atoms with Gasteiger partial charge in [-0.1, -0.05) is 20.3 Å². The Hall–Kier alpha value is -0.180. The fourth-order valence-corrected chi connectivity index (χ4v) is 0.719. The first-order valence-electron chi connectivity index (χ1n) is 3.50. The predicted octanol–water partition coefficient (Wildman–Crippen LogP) is 2.05. The van der Waals surface area contributed by atoms with E-state index in [9.17, 15) is 8.78 Å². The minimum absolute atomic E-state index is 0.0119. The van der Waals surface area contributed by atoms with Crippen molar-refractivity contribution >= 4 is 0 Å². The Morgan fingerprint density at radius 3 is 2.30 bits per heavy atom. The SMILES string of the molecule is CC[C@H](C)CC(F)(F)CO. The van der Waals surface area contributed by atoms with Crippen molar-refractivity contribution in [3.63, 3.8) is 0 Å². The van der Waals surface area contributed by atoms with Crippen molar-refractivity contribution < 1.29 is 13.9 Å². The van der Waals surface area contributed by atoms with E-state index in [2.05, 4.69) is 0 Å². The first-order chi connectivity index (χ1) is 4.52. The average Bonchev–Trinajstić information content (AvgIpc) is 1.87. The molecule has 0 rings (SSSR count). The van der Waals surface area contributed by atoms with Gasteiger partial charge in [0.05, 0.1) is 0 Å². The monoisotopic (exact) mass is 152 g/mol. The van der Waals surface area contributed by atoms with Crippen LogP contribution in [0.2, 0.25) is 0 Å². The quantitative estimate of drug-likeness (QED) is 0.653. The third-order valence-corrected chi connectivity index (χ3v) is 1.58. The molecule has 0 aliphatic carbocycles. The highest BCUT2D eigenvalue weighted by Crippen LogP contribution is 2.23. The Kier molecular flexibility index (Phi) is 3.79. The van der Waals surface area contributed by atoms with Crippen LogP contribution in [0.25, 0.3) is 0 Å². The molecule has 0 radical (unpaired) electrons. The van der Waals surface area contributed by atoms with Gasteiger partial charge in [-0.25, -0.2) is 8.78 Å². The van der Waals surface area contributed by atoms with Gasteiger partial charge in [-0.05, 0) is 5.92 Å². The Morgan fingerprint density at radius 1 is 1.50 bits per heavy atom. The fraction of sp³-hybridized carbons (Fsp3) is 1.00. The van der Waals surface area contributed by atoms with E-state index in [-0.39, 0.29) is 12.3 Å². The zero-order chi connectivity index (χ0) is 8.20. The number of hydrogen-bond donors (Lipinski definition) is 1. The van der Waals surface area contributed by atoms with E-state index in [1.165, 1.54) is 0 Å². The molecule has 3 heteroatoms. The first-order valence-corrected chi connectivity index (χ1v) is 3.50. The summed E-state index contributed by atoms with van der Waals surface area (Å²) in [5, 5.41) is 8.19. The van der Waals surface area contributed by atoms with E-state index in [1.807, 2.05) is 6.92 Å². The van der Waals surface area contributed by atoms with E-state index in [1.54, 1.807) is 6.92 Å². The van der Waals surface area contributed by atoms with Crippen molar-refractivity contribution in [2.75, 3.05) is 6.61 Å². The van der Waals surface area contributed by atoms with Crippen LogP contribution in [0.5, 0.6) is 0 Å². The van der Waals surface area contributed by atoms with Gasteiger partial charge < -0.3 is 5.11 Å². The van der Waals surface area contributed by atoms with E-state index in [4.69, 9.17) is 5.11 Å². The molecule has 0 spiro atoms. The highest BCUT2D eigenvalue weighted by Gasteiger charge is 2.29. The molecule has 1 N–H and O–H groups in total. The second-order valence-corrected chi connectivity index (χ2v) is 2.73. The minimum Gasteiger partial charge on any atom is -0.390 e. The van der Waals surface area contributed by atoms with E-state index >= 15 is 0 Å². The van der Waals surface area contributed by atoms with Gasteiger partial charge in [-0.2, -0.15) is 0 Å². The number of aliphatic hydroxyl groups excluding tert-OH is 1. The number of hydrogen-bond acceptors (Lipinski definition) is 1. The smallest absolute Gasteiger partial charge is 0.270 e. The molecule has 0 aliphatic heterocycles. The molecule has 1 nitrogen and oxygen atoms in total. The Morgan fingerprint density at radius 2 is 2.00 bits per heavy atom. The Labute approximate surface area is 60.1 Å². The molecule has 0 bridgehead atoms. The standard InChI is InChI=1S/C7H14F2O/c1-3-6(2)4-7(8,9)5-10/h6,10H,3-5H2,1-2H3/t6-/m0/s1. The van der Waals surface area contributed by atoms with Gasteiger partial charge in [0.1, 0.15) is 6.61 Å². The summed E-state index contributed by atoms with van der Waals surface area (Å²) in [5.41, 5.74) is 0. The molecule has 0 amide bonds. The van der Waals surface area contributed by atoms with Gasteiger partial charge in [0.25, 0.3) is 5.92 Å². The lowest BCUT2D eigenvalue weighted by Gasteiger charge is -2.16. The molecule has 0 aromatic heterocycles. The van der Waals surface area contributed by atoms with Crippen molar-refractivity contribution in [3.05, 3.63) is 0 Å². The molecule has 10 heavy (non-hydrogen) atoms. The molecular weight excluding hydrogens is 138 g/mol.